The monoisotopic (exact) mass is 612 g/mol. The number of halogens is 5. The second-order valence-electron chi connectivity index (χ2n) is 12.9. The summed E-state index contributed by atoms with van der Waals surface area (Å²) < 4.78 is 70.2. The van der Waals surface area contributed by atoms with Gasteiger partial charge in [0.25, 0.3) is 0 Å². The van der Waals surface area contributed by atoms with E-state index in [4.69, 9.17) is 5.11 Å². The van der Waals surface area contributed by atoms with Gasteiger partial charge in [0.05, 0.1) is 5.56 Å². The number of benzene rings is 2. The zero-order valence-corrected chi connectivity index (χ0v) is 24.1. The number of allylic oxidation sites excluding steroid dienone is 4. The number of carboxylic acid groups (broad SMARTS) is 1. The van der Waals surface area contributed by atoms with Crippen LogP contribution in [-0.4, -0.2) is 39.7 Å². The second-order valence-corrected chi connectivity index (χ2v) is 12.9. The third-order valence-corrected chi connectivity index (χ3v) is 10.8. The summed E-state index contributed by atoms with van der Waals surface area (Å²) in [6, 6.07) is 14.3. The third-order valence-electron chi connectivity index (χ3n) is 10.8. The molecule has 2 N–H and O–H groups in total. The molecule has 2 aromatic rings. The highest BCUT2D eigenvalue weighted by molar-refractivity contribution is 5.94. The molecule has 0 saturated heterocycles. The van der Waals surface area contributed by atoms with Crippen molar-refractivity contribution in [3.8, 4) is 0 Å². The summed E-state index contributed by atoms with van der Waals surface area (Å²) >= 11 is 0. The highest BCUT2D eigenvalue weighted by Crippen LogP contribution is 2.68. The predicted molar refractivity (Wildman–Crippen MR) is 155 cm³/mol. The van der Waals surface area contributed by atoms with Gasteiger partial charge in [0.1, 0.15) is 5.60 Å². The maximum absolute atomic E-state index is 14.8. The average Bonchev–Trinajstić information content (AvgIpc) is 3.27. The number of hydrogen-bond donors (Lipinski definition) is 2. The number of carboxylic acids is 1. The van der Waals surface area contributed by atoms with Crippen LogP contribution in [0.15, 0.2) is 71.3 Å². The van der Waals surface area contributed by atoms with Crippen LogP contribution in [0.3, 0.4) is 0 Å². The summed E-state index contributed by atoms with van der Waals surface area (Å²) in [4.78, 5) is 23.9. The van der Waals surface area contributed by atoms with Crippen molar-refractivity contribution in [3.05, 3.63) is 93.6 Å². The average molecular weight is 613 g/mol. The van der Waals surface area contributed by atoms with Gasteiger partial charge in [-0.05, 0) is 96.4 Å². The molecular formula is C35H33F5O4. The number of rotatable bonds is 5. The molecule has 1 unspecified atom stereocenters. The smallest absolute Gasteiger partial charge is 0.456 e. The van der Waals surface area contributed by atoms with Crippen molar-refractivity contribution in [1.29, 1.82) is 0 Å². The quantitative estimate of drug-likeness (QED) is 0.263. The molecule has 2 fully saturated rings. The molecule has 0 radical (unpaired) electrons. The first-order valence-electron chi connectivity index (χ1n) is 14.9. The van der Waals surface area contributed by atoms with Crippen LogP contribution in [0.25, 0.3) is 12.2 Å². The van der Waals surface area contributed by atoms with Crippen LogP contribution in [0, 0.1) is 17.3 Å². The van der Waals surface area contributed by atoms with Gasteiger partial charge in [-0.25, -0.2) is 4.79 Å². The van der Waals surface area contributed by atoms with E-state index in [1.54, 1.807) is 18.2 Å². The van der Waals surface area contributed by atoms with Crippen LogP contribution in [0.1, 0.15) is 84.8 Å². The molecule has 0 aliphatic heterocycles. The van der Waals surface area contributed by atoms with Crippen molar-refractivity contribution in [1.82, 2.24) is 0 Å². The van der Waals surface area contributed by atoms with E-state index in [9.17, 15) is 36.6 Å². The minimum absolute atomic E-state index is 0.00212. The molecule has 0 heterocycles. The lowest BCUT2D eigenvalue weighted by Gasteiger charge is -2.53. The molecular weight excluding hydrogens is 579 g/mol. The fourth-order valence-electron chi connectivity index (χ4n) is 8.45. The van der Waals surface area contributed by atoms with Crippen LogP contribution in [-0.2, 0) is 4.79 Å². The molecule has 4 aliphatic rings. The number of aromatic carboxylic acids is 1. The molecule has 232 valence electrons. The Bertz CT molecular complexity index is 1580. The molecule has 4 nitrogen and oxygen atoms in total. The molecule has 6 rings (SSSR count). The first-order valence-corrected chi connectivity index (χ1v) is 14.9. The van der Waals surface area contributed by atoms with E-state index in [1.165, 1.54) is 19.1 Å². The van der Waals surface area contributed by atoms with E-state index in [1.807, 2.05) is 36.4 Å². The van der Waals surface area contributed by atoms with Crippen molar-refractivity contribution in [2.45, 2.75) is 75.5 Å². The lowest BCUT2D eigenvalue weighted by atomic mass is 9.53. The van der Waals surface area contributed by atoms with Crippen molar-refractivity contribution >= 4 is 23.9 Å². The van der Waals surface area contributed by atoms with Gasteiger partial charge in [0.2, 0.25) is 0 Å². The third kappa shape index (κ3) is 4.66. The number of aliphatic hydroxyl groups is 1. The summed E-state index contributed by atoms with van der Waals surface area (Å²) in [5, 5.41) is 20.2. The van der Waals surface area contributed by atoms with Gasteiger partial charge in [-0.2, -0.15) is 22.0 Å². The Labute approximate surface area is 252 Å². The van der Waals surface area contributed by atoms with Gasteiger partial charge in [-0.3, -0.25) is 4.79 Å². The maximum atomic E-state index is 14.8. The van der Waals surface area contributed by atoms with E-state index in [-0.39, 0.29) is 42.4 Å². The number of ketones is 1. The number of fused-ring (bicyclic) bond motifs is 4. The highest BCUT2D eigenvalue weighted by Gasteiger charge is 2.78. The van der Waals surface area contributed by atoms with Crippen LogP contribution in [0.2, 0.25) is 0 Å². The Balaban J connectivity index is 1.29. The molecule has 2 aromatic carbocycles. The van der Waals surface area contributed by atoms with E-state index >= 15 is 0 Å². The van der Waals surface area contributed by atoms with Gasteiger partial charge >= 0.3 is 18.1 Å². The predicted octanol–water partition coefficient (Wildman–Crippen LogP) is 8.38. The first kappa shape index (κ1) is 30.4. The van der Waals surface area contributed by atoms with E-state index in [0.717, 1.165) is 33.4 Å². The van der Waals surface area contributed by atoms with Crippen LogP contribution in [0.4, 0.5) is 22.0 Å². The Kier molecular flexibility index (Phi) is 7.26. The van der Waals surface area contributed by atoms with Gasteiger partial charge in [-0.1, -0.05) is 61.0 Å². The molecule has 0 bridgehead atoms. The topological polar surface area (TPSA) is 74.6 Å². The zero-order chi connectivity index (χ0) is 31.7. The van der Waals surface area contributed by atoms with Crippen molar-refractivity contribution in [2.75, 3.05) is 0 Å². The van der Waals surface area contributed by atoms with Crippen LogP contribution >= 0.6 is 0 Å². The Hall–Kier alpha value is -3.59. The number of carbonyl (C=O) groups is 2. The molecule has 0 amide bonds. The lowest BCUT2D eigenvalue weighted by Crippen LogP contribution is -2.64. The van der Waals surface area contributed by atoms with E-state index in [0.29, 0.717) is 19.3 Å². The number of alkyl halides is 5. The molecule has 9 heteroatoms. The highest BCUT2D eigenvalue weighted by atomic mass is 19.4. The normalized spacial score (nSPS) is 30.6. The standard InChI is InChI=1S/C35H33F5O4/c1-32-16-14-27-26(29(32)15-17-33(32,44)34(36,37)35(38,39)40)13-12-24-18-25(41)19-28(30(24)27)22-8-4-20(5-9-22)2-3-21-6-10-23(11-7-21)31(42)43/h2-11,18,26,28-29,44H,12-17,19H2,1H3,(H,42,43)/b3-2+/t26-,28?,29+,32+,33+/m1/s1. The molecule has 0 spiro atoms. The second kappa shape index (κ2) is 10.5. The molecule has 2 saturated carbocycles. The Morgan fingerprint density at radius 2 is 1.52 bits per heavy atom. The minimum atomic E-state index is -5.85. The van der Waals surface area contributed by atoms with Gasteiger partial charge in [0, 0.05) is 17.8 Å². The minimum Gasteiger partial charge on any atom is -0.478 e. The Morgan fingerprint density at radius 3 is 2.11 bits per heavy atom. The summed E-state index contributed by atoms with van der Waals surface area (Å²) in [5.74, 6) is -7.21. The van der Waals surface area contributed by atoms with Gasteiger partial charge in [-0.15, -0.1) is 0 Å². The van der Waals surface area contributed by atoms with Crippen LogP contribution in [0.5, 0.6) is 0 Å². The summed E-state index contributed by atoms with van der Waals surface area (Å²) in [6.07, 6.45) is 0.711. The SMILES string of the molecule is C[C@]12CCC3=C4C(=CC(=O)CC4c4ccc(/C=C/c5ccc(C(=O)O)cc5)cc4)CC[C@H]3[C@@H]1CC[C@@]2(O)C(F)(F)C(F)(F)F. The lowest BCUT2D eigenvalue weighted by molar-refractivity contribution is -0.362. The molecule has 4 aliphatic carbocycles. The fraction of sp³-hybridized carbons (Fsp3) is 0.429. The molecule has 5 atom stereocenters. The fourth-order valence-corrected chi connectivity index (χ4v) is 8.45. The zero-order valence-electron chi connectivity index (χ0n) is 24.1. The summed E-state index contributed by atoms with van der Waals surface area (Å²) in [6.45, 7) is 1.41. The number of carbonyl (C=O) groups excluding carboxylic acids is 1. The summed E-state index contributed by atoms with van der Waals surface area (Å²) in [7, 11) is 0. The molecule has 44 heavy (non-hydrogen) atoms. The Morgan fingerprint density at radius 1 is 0.909 bits per heavy atom. The van der Waals surface area contributed by atoms with Crippen molar-refractivity contribution in [2.24, 2.45) is 17.3 Å². The summed E-state index contributed by atoms with van der Waals surface area (Å²) in [5.41, 5.74) is 1.08. The molecule has 0 aromatic heterocycles. The van der Waals surface area contributed by atoms with Gasteiger partial charge < -0.3 is 10.2 Å². The van der Waals surface area contributed by atoms with Crippen molar-refractivity contribution in [3.63, 3.8) is 0 Å². The van der Waals surface area contributed by atoms with Crippen LogP contribution < -0.4 is 0 Å². The largest absolute Gasteiger partial charge is 0.478 e. The number of hydrogen-bond acceptors (Lipinski definition) is 3. The first-order chi connectivity index (χ1) is 20.7. The maximum Gasteiger partial charge on any atom is 0.456 e. The van der Waals surface area contributed by atoms with E-state index in [2.05, 4.69) is 0 Å². The van der Waals surface area contributed by atoms with Gasteiger partial charge in [0.15, 0.2) is 5.78 Å². The van der Waals surface area contributed by atoms with Crippen molar-refractivity contribution < 1.29 is 41.8 Å². The van der Waals surface area contributed by atoms with E-state index < -0.39 is 41.4 Å².